The van der Waals surface area contributed by atoms with Gasteiger partial charge in [0.1, 0.15) is 6.07 Å². The summed E-state index contributed by atoms with van der Waals surface area (Å²) < 4.78 is 43.4. The van der Waals surface area contributed by atoms with Crippen molar-refractivity contribution in [2.45, 2.75) is 25.6 Å². The first-order chi connectivity index (χ1) is 16.6. The SMILES string of the molecule is Cc1cccc(C(=O)N2C[C@H]3[C@@H](CCOc4ccc(C#N)cn4)CO[C@H]3C2)c1.O=C(O)C(F)(F)F. The molecule has 4 rings (SSSR count). The number of likely N-dealkylation sites (tertiary alicyclic amines) is 1. The largest absolute Gasteiger partial charge is 0.490 e. The number of amides is 1. The summed E-state index contributed by atoms with van der Waals surface area (Å²) in [6.45, 7) is 4.65. The maximum Gasteiger partial charge on any atom is 0.490 e. The Labute approximate surface area is 199 Å². The Morgan fingerprint density at radius 3 is 2.63 bits per heavy atom. The molecule has 0 radical (unpaired) electrons. The van der Waals surface area contributed by atoms with E-state index in [1.807, 2.05) is 42.2 Å². The third kappa shape index (κ3) is 6.93. The van der Waals surface area contributed by atoms with Crippen LogP contribution in [-0.2, 0) is 9.53 Å². The number of aliphatic carboxylic acids is 1. The summed E-state index contributed by atoms with van der Waals surface area (Å²) in [6, 6.07) is 13.2. The molecule has 0 spiro atoms. The molecule has 1 aromatic carbocycles. The standard InChI is InChI=1S/C22H23N3O3.C2HF3O2/c1-15-3-2-4-17(9-15)22(26)25-12-19-18(14-28-20(19)13-25)7-8-27-21-6-5-16(10-23)11-24-21;3-2(4,5)1(6)7/h2-6,9,11,18-20H,7-8,12-14H2,1H3;(H,6,7)/t18-,19-,20-;/m0./s1. The van der Waals surface area contributed by atoms with Crippen molar-refractivity contribution in [1.82, 2.24) is 9.88 Å². The van der Waals surface area contributed by atoms with E-state index in [-0.39, 0.29) is 12.0 Å². The van der Waals surface area contributed by atoms with Crippen LogP contribution in [0.2, 0.25) is 0 Å². The lowest BCUT2D eigenvalue weighted by Crippen LogP contribution is -2.31. The van der Waals surface area contributed by atoms with Crippen LogP contribution in [0.3, 0.4) is 0 Å². The lowest BCUT2D eigenvalue weighted by Gasteiger charge is -2.20. The second-order valence-corrected chi connectivity index (χ2v) is 8.31. The number of aromatic nitrogens is 1. The molecule has 186 valence electrons. The summed E-state index contributed by atoms with van der Waals surface area (Å²) in [5.74, 6) is -1.42. The summed E-state index contributed by atoms with van der Waals surface area (Å²) in [5, 5.41) is 15.9. The fraction of sp³-hybridized carbons (Fsp3) is 0.417. The number of ether oxygens (including phenoxy) is 2. The van der Waals surface area contributed by atoms with Crippen molar-refractivity contribution >= 4 is 11.9 Å². The first kappa shape index (κ1) is 26.0. The number of pyridine rings is 1. The highest BCUT2D eigenvalue weighted by Crippen LogP contribution is 2.36. The zero-order valence-electron chi connectivity index (χ0n) is 18.9. The lowest BCUT2D eigenvalue weighted by atomic mass is 9.91. The number of carboxylic acid groups (broad SMARTS) is 1. The molecule has 1 aromatic heterocycles. The molecule has 8 nitrogen and oxygen atoms in total. The van der Waals surface area contributed by atoms with Crippen molar-refractivity contribution in [3.05, 3.63) is 59.3 Å². The molecule has 11 heteroatoms. The van der Waals surface area contributed by atoms with Crippen LogP contribution in [0.5, 0.6) is 5.88 Å². The number of nitrogens with zero attached hydrogens (tertiary/aromatic N) is 3. The minimum absolute atomic E-state index is 0.0819. The summed E-state index contributed by atoms with van der Waals surface area (Å²) >= 11 is 0. The van der Waals surface area contributed by atoms with Crippen LogP contribution in [-0.4, -0.2) is 65.5 Å². The number of nitriles is 1. The van der Waals surface area contributed by atoms with E-state index in [4.69, 9.17) is 24.6 Å². The molecule has 1 N–H and O–H groups in total. The number of alkyl halides is 3. The molecule has 35 heavy (non-hydrogen) atoms. The normalized spacial score (nSPS) is 20.9. The topological polar surface area (TPSA) is 113 Å². The predicted molar refractivity (Wildman–Crippen MR) is 117 cm³/mol. The fourth-order valence-electron chi connectivity index (χ4n) is 4.07. The number of fused-ring (bicyclic) bond motifs is 1. The predicted octanol–water partition coefficient (Wildman–Crippen LogP) is 3.45. The molecule has 2 aliphatic rings. The first-order valence-electron chi connectivity index (χ1n) is 10.8. The van der Waals surface area contributed by atoms with E-state index in [1.165, 1.54) is 6.20 Å². The van der Waals surface area contributed by atoms with Crippen molar-refractivity contribution < 1.29 is 37.3 Å². The van der Waals surface area contributed by atoms with Gasteiger partial charge in [-0.15, -0.1) is 0 Å². The molecule has 2 saturated heterocycles. The minimum atomic E-state index is -5.08. The van der Waals surface area contributed by atoms with Crippen LogP contribution in [0.15, 0.2) is 42.6 Å². The van der Waals surface area contributed by atoms with Gasteiger partial charge in [0.2, 0.25) is 5.88 Å². The zero-order valence-corrected chi connectivity index (χ0v) is 18.9. The van der Waals surface area contributed by atoms with Gasteiger partial charge < -0.3 is 19.5 Å². The van der Waals surface area contributed by atoms with Crippen LogP contribution >= 0.6 is 0 Å². The van der Waals surface area contributed by atoms with Gasteiger partial charge in [-0.25, -0.2) is 9.78 Å². The Balaban J connectivity index is 0.000000429. The highest BCUT2D eigenvalue weighted by molar-refractivity contribution is 5.94. The van der Waals surface area contributed by atoms with Crippen LogP contribution in [0, 0.1) is 30.1 Å². The van der Waals surface area contributed by atoms with E-state index in [1.54, 1.807) is 12.1 Å². The monoisotopic (exact) mass is 491 g/mol. The molecule has 3 atom stereocenters. The van der Waals surface area contributed by atoms with E-state index >= 15 is 0 Å². The summed E-state index contributed by atoms with van der Waals surface area (Å²) in [5.41, 5.74) is 2.35. The summed E-state index contributed by atoms with van der Waals surface area (Å²) in [4.78, 5) is 27.7. The second-order valence-electron chi connectivity index (χ2n) is 8.31. The molecule has 0 unspecified atom stereocenters. The number of benzene rings is 1. The average Bonchev–Trinajstić information content (AvgIpc) is 3.40. The van der Waals surface area contributed by atoms with Crippen molar-refractivity contribution in [1.29, 1.82) is 5.26 Å². The van der Waals surface area contributed by atoms with Gasteiger partial charge in [-0.2, -0.15) is 18.4 Å². The molecular formula is C24H24F3N3O5. The number of rotatable bonds is 5. The number of aryl methyl sites for hydroxylation is 1. The Kier molecular flexibility index (Phi) is 8.30. The average molecular weight is 491 g/mol. The van der Waals surface area contributed by atoms with Crippen LogP contribution < -0.4 is 4.74 Å². The molecular weight excluding hydrogens is 467 g/mol. The fourth-order valence-corrected chi connectivity index (χ4v) is 4.07. The van der Waals surface area contributed by atoms with E-state index in [0.717, 1.165) is 24.1 Å². The maximum atomic E-state index is 12.8. The van der Waals surface area contributed by atoms with Gasteiger partial charge in [-0.3, -0.25) is 4.79 Å². The van der Waals surface area contributed by atoms with E-state index in [2.05, 4.69) is 4.98 Å². The number of carboxylic acids is 1. The number of carbonyl (C=O) groups is 2. The highest BCUT2D eigenvalue weighted by Gasteiger charge is 2.45. The molecule has 2 aromatic rings. The molecule has 0 saturated carbocycles. The van der Waals surface area contributed by atoms with Gasteiger partial charge in [-0.05, 0) is 37.5 Å². The van der Waals surface area contributed by atoms with Crippen molar-refractivity contribution in [2.24, 2.45) is 11.8 Å². The van der Waals surface area contributed by atoms with E-state index < -0.39 is 12.1 Å². The molecule has 2 fully saturated rings. The molecule has 0 bridgehead atoms. The molecule has 3 heterocycles. The van der Waals surface area contributed by atoms with Crippen molar-refractivity contribution in [3.63, 3.8) is 0 Å². The number of carbonyl (C=O) groups excluding carboxylic acids is 1. The Hall–Kier alpha value is -3.65. The Bertz CT molecular complexity index is 1090. The first-order valence-corrected chi connectivity index (χ1v) is 10.8. The van der Waals surface area contributed by atoms with Crippen molar-refractivity contribution in [3.8, 4) is 11.9 Å². The number of halogens is 3. The molecule has 1 amide bonds. The number of hydrogen-bond donors (Lipinski definition) is 1. The van der Waals surface area contributed by atoms with E-state index in [9.17, 15) is 18.0 Å². The van der Waals surface area contributed by atoms with Crippen molar-refractivity contribution in [2.75, 3.05) is 26.3 Å². The second kappa shape index (κ2) is 11.2. The van der Waals surface area contributed by atoms with Crippen LogP contribution in [0.25, 0.3) is 0 Å². The Morgan fingerprint density at radius 2 is 2.03 bits per heavy atom. The summed E-state index contributed by atoms with van der Waals surface area (Å²) in [6.07, 6.45) is -2.60. The minimum Gasteiger partial charge on any atom is -0.478 e. The van der Waals surface area contributed by atoms with Crippen LogP contribution in [0.4, 0.5) is 13.2 Å². The molecule has 2 aliphatic heterocycles. The van der Waals surface area contributed by atoms with Gasteiger partial charge >= 0.3 is 12.1 Å². The molecule has 0 aliphatic carbocycles. The van der Waals surface area contributed by atoms with Gasteiger partial charge in [0.15, 0.2) is 0 Å². The lowest BCUT2D eigenvalue weighted by molar-refractivity contribution is -0.192. The van der Waals surface area contributed by atoms with E-state index in [0.29, 0.717) is 43.0 Å². The maximum absolute atomic E-state index is 12.8. The third-order valence-electron chi connectivity index (χ3n) is 5.84. The van der Waals surface area contributed by atoms with Gasteiger partial charge in [0.05, 0.1) is 24.9 Å². The van der Waals surface area contributed by atoms with Gasteiger partial charge in [0, 0.05) is 36.8 Å². The quantitative estimate of drug-likeness (QED) is 0.682. The highest BCUT2D eigenvalue weighted by atomic mass is 19.4. The van der Waals surface area contributed by atoms with Gasteiger partial charge in [-0.1, -0.05) is 17.7 Å². The van der Waals surface area contributed by atoms with Crippen LogP contribution in [0.1, 0.15) is 27.9 Å². The smallest absolute Gasteiger partial charge is 0.478 e. The zero-order chi connectivity index (χ0) is 25.6. The van der Waals surface area contributed by atoms with Gasteiger partial charge in [0.25, 0.3) is 5.91 Å². The third-order valence-corrected chi connectivity index (χ3v) is 5.84. The summed E-state index contributed by atoms with van der Waals surface area (Å²) in [7, 11) is 0. The Morgan fingerprint density at radius 1 is 1.29 bits per heavy atom. The number of hydrogen-bond acceptors (Lipinski definition) is 6.